The van der Waals surface area contributed by atoms with Crippen LogP contribution in [0.3, 0.4) is 0 Å². The van der Waals surface area contributed by atoms with E-state index in [0.29, 0.717) is 23.8 Å². The molecule has 0 spiro atoms. The Balaban J connectivity index is 0.00000109. The highest BCUT2D eigenvalue weighted by Crippen LogP contribution is 2.39. The standard InChI is InChI=1S/C18H25N5.C2H6/c1-10(2)15-9-20-18(23-17(19)21-15)22-16-12(4)8-13-6-5-11(3)7-14(13)16;1-2/h5-7,9-10,12,15-16H,8H2,1-4H3,(H3,19,21,22,23);1-2H3/t12-,15?,16?;/m0./s1. The van der Waals surface area contributed by atoms with Gasteiger partial charge in [-0.25, -0.2) is 15.0 Å². The topological polar surface area (TPSA) is 75.1 Å². The van der Waals surface area contributed by atoms with Crippen LogP contribution in [0, 0.1) is 18.8 Å². The maximum absolute atomic E-state index is 5.96. The summed E-state index contributed by atoms with van der Waals surface area (Å²) in [6.07, 6.45) is 2.89. The van der Waals surface area contributed by atoms with E-state index in [1.807, 2.05) is 20.1 Å². The fourth-order valence-corrected chi connectivity index (χ4v) is 3.18. The Morgan fingerprint density at radius 2 is 2.00 bits per heavy atom. The van der Waals surface area contributed by atoms with Gasteiger partial charge in [0.15, 0.2) is 5.96 Å². The zero-order valence-corrected chi connectivity index (χ0v) is 16.2. The van der Waals surface area contributed by atoms with Crippen LogP contribution in [0.5, 0.6) is 0 Å². The lowest BCUT2D eigenvalue weighted by molar-refractivity contribution is 0.514. The molecule has 1 aliphatic carbocycles. The number of hydrogen-bond donors (Lipinski definition) is 2. The van der Waals surface area contributed by atoms with Gasteiger partial charge in [-0.15, -0.1) is 0 Å². The van der Waals surface area contributed by atoms with Crippen molar-refractivity contribution >= 4 is 18.1 Å². The second kappa shape index (κ2) is 8.28. The Labute approximate surface area is 151 Å². The van der Waals surface area contributed by atoms with Crippen LogP contribution in [0.1, 0.15) is 57.4 Å². The summed E-state index contributed by atoms with van der Waals surface area (Å²) in [4.78, 5) is 13.8. The third-order valence-electron chi connectivity index (χ3n) is 4.52. The maximum Gasteiger partial charge on any atom is 0.225 e. The molecule has 1 aromatic carbocycles. The molecule has 0 saturated carbocycles. The molecule has 25 heavy (non-hydrogen) atoms. The van der Waals surface area contributed by atoms with E-state index in [-0.39, 0.29) is 12.1 Å². The second-order valence-electron chi connectivity index (χ2n) is 6.93. The molecule has 0 fully saturated rings. The first-order valence-electron chi connectivity index (χ1n) is 9.25. The largest absolute Gasteiger partial charge is 0.370 e. The van der Waals surface area contributed by atoms with Gasteiger partial charge in [0, 0.05) is 6.21 Å². The Morgan fingerprint density at radius 3 is 2.68 bits per heavy atom. The Bertz CT molecular complexity index is 687. The summed E-state index contributed by atoms with van der Waals surface area (Å²) >= 11 is 0. The van der Waals surface area contributed by atoms with Crippen LogP contribution in [-0.2, 0) is 6.42 Å². The van der Waals surface area contributed by atoms with Crippen LogP contribution < -0.4 is 11.1 Å². The first kappa shape index (κ1) is 19.2. The molecular weight excluding hydrogens is 310 g/mol. The molecular formula is C20H31N5. The van der Waals surface area contributed by atoms with Gasteiger partial charge in [-0.3, -0.25) is 5.32 Å². The SMILES string of the molecule is CC.Cc1ccc2c(c1)C(N=C1N=CC(C(C)C)N=C(N)N1)[C@@H](C)C2. The summed E-state index contributed by atoms with van der Waals surface area (Å²) in [6.45, 7) is 12.6. The van der Waals surface area contributed by atoms with Gasteiger partial charge in [0.05, 0.1) is 12.1 Å². The van der Waals surface area contributed by atoms with Gasteiger partial charge in [0.1, 0.15) is 0 Å². The Kier molecular flexibility index (Phi) is 6.34. The van der Waals surface area contributed by atoms with Crippen molar-refractivity contribution in [1.29, 1.82) is 0 Å². The third kappa shape index (κ3) is 4.47. The minimum Gasteiger partial charge on any atom is -0.370 e. The number of fused-ring (bicyclic) bond motifs is 1. The molecule has 3 N–H and O–H groups in total. The van der Waals surface area contributed by atoms with Gasteiger partial charge in [0.25, 0.3) is 0 Å². The van der Waals surface area contributed by atoms with E-state index in [0.717, 1.165) is 6.42 Å². The first-order valence-corrected chi connectivity index (χ1v) is 9.25. The number of hydrogen-bond acceptors (Lipinski definition) is 3. The number of benzene rings is 1. The summed E-state index contributed by atoms with van der Waals surface area (Å²) < 4.78 is 0. The number of rotatable bonds is 2. The molecule has 5 nitrogen and oxygen atoms in total. The molecule has 136 valence electrons. The van der Waals surface area contributed by atoms with E-state index in [2.05, 4.69) is 61.2 Å². The van der Waals surface area contributed by atoms with Crippen molar-refractivity contribution in [2.45, 2.75) is 60.0 Å². The summed E-state index contributed by atoms with van der Waals surface area (Å²) in [5.74, 6) is 1.75. The van der Waals surface area contributed by atoms with Gasteiger partial charge < -0.3 is 5.73 Å². The summed E-state index contributed by atoms with van der Waals surface area (Å²) in [7, 11) is 0. The molecule has 1 aliphatic heterocycles. The number of aliphatic imine (C=N–C) groups is 3. The molecule has 0 radical (unpaired) electrons. The van der Waals surface area contributed by atoms with Gasteiger partial charge in [-0.2, -0.15) is 0 Å². The molecule has 5 heteroatoms. The molecule has 1 heterocycles. The van der Waals surface area contributed by atoms with E-state index >= 15 is 0 Å². The molecule has 0 bridgehead atoms. The zero-order valence-electron chi connectivity index (χ0n) is 16.2. The quantitative estimate of drug-likeness (QED) is 0.862. The molecule has 0 amide bonds. The van der Waals surface area contributed by atoms with Crippen LogP contribution in [-0.4, -0.2) is 24.2 Å². The molecule has 3 atom stereocenters. The van der Waals surface area contributed by atoms with Crippen molar-refractivity contribution in [2.24, 2.45) is 32.5 Å². The Morgan fingerprint density at radius 1 is 1.28 bits per heavy atom. The molecule has 3 rings (SSSR count). The smallest absolute Gasteiger partial charge is 0.225 e. The van der Waals surface area contributed by atoms with Crippen molar-refractivity contribution in [2.75, 3.05) is 0 Å². The van der Waals surface area contributed by atoms with Crippen molar-refractivity contribution in [3.05, 3.63) is 34.9 Å². The molecule has 2 unspecified atom stereocenters. The lowest BCUT2D eigenvalue weighted by atomic mass is 10.0. The number of nitrogens with zero attached hydrogens (tertiary/aromatic N) is 3. The molecule has 2 aliphatic rings. The minimum atomic E-state index is -0.00858. The highest BCUT2D eigenvalue weighted by atomic mass is 15.2. The normalized spacial score (nSPS) is 26.4. The number of aryl methyl sites for hydroxylation is 1. The maximum atomic E-state index is 5.96. The second-order valence-corrected chi connectivity index (χ2v) is 6.93. The van der Waals surface area contributed by atoms with Crippen LogP contribution >= 0.6 is 0 Å². The summed E-state index contributed by atoms with van der Waals surface area (Å²) in [6, 6.07) is 6.73. The van der Waals surface area contributed by atoms with Crippen molar-refractivity contribution in [3.63, 3.8) is 0 Å². The first-order chi connectivity index (χ1) is 11.9. The summed E-state index contributed by atoms with van der Waals surface area (Å²) in [5.41, 5.74) is 9.92. The molecule has 0 saturated heterocycles. The van der Waals surface area contributed by atoms with Gasteiger partial charge in [-0.1, -0.05) is 58.4 Å². The number of guanidine groups is 2. The minimum absolute atomic E-state index is 0.00858. The predicted octanol–water partition coefficient (Wildman–Crippen LogP) is 3.62. The van der Waals surface area contributed by atoms with E-state index in [1.54, 1.807) is 0 Å². The lowest BCUT2D eigenvalue weighted by Gasteiger charge is -2.13. The average molecular weight is 342 g/mol. The van der Waals surface area contributed by atoms with E-state index < -0.39 is 0 Å². The number of nitrogens with one attached hydrogen (secondary N) is 1. The lowest BCUT2D eigenvalue weighted by Crippen LogP contribution is -2.36. The Hall–Kier alpha value is -2.17. The fraction of sp³-hybridized carbons (Fsp3) is 0.550. The average Bonchev–Trinajstić information content (AvgIpc) is 2.76. The van der Waals surface area contributed by atoms with Crippen molar-refractivity contribution in [3.8, 4) is 0 Å². The van der Waals surface area contributed by atoms with Gasteiger partial charge in [0.2, 0.25) is 5.96 Å². The van der Waals surface area contributed by atoms with Crippen molar-refractivity contribution < 1.29 is 0 Å². The van der Waals surface area contributed by atoms with E-state index in [4.69, 9.17) is 10.7 Å². The monoisotopic (exact) mass is 341 g/mol. The molecule has 1 aromatic rings. The van der Waals surface area contributed by atoms with Crippen LogP contribution in [0.4, 0.5) is 0 Å². The van der Waals surface area contributed by atoms with Crippen LogP contribution in [0.2, 0.25) is 0 Å². The highest BCUT2D eigenvalue weighted by molar-refractivity contribution is 6.03. The van der Waals surface area contributed by atoms with Gasteiger partial charge in [-0.05, 0) is 36.3 Å². The number of nitrogens with two attached hydrogens (primary N) is 1. The van der Waals surface area contributed by atoms with Crippen LogP contribution in [0.25, 0.3) is 0 Å². The van der Waals surface area contributed by atoms with E-state index in [1.165, 1.54) is 16.7 Å². The summed E-state index contributed by atoms with van der Waals surface area (Å²) in [5, 5.41) is 3.04. The fourth-order valence-electron chi connectivity index (χ4n) is 3.18. The van der Waals surface area contributed by atoms with Crippen LogP contribution in [0.15, 0.2) is 33.2 Å². The zero-order chi connectivity index (χ0) is 18.6. The highest BCUT2D eigenvalue weighted by Gasteiger charge is 2.29. The van der Waals surface area contributed by atoms with E-state index in [9.17, 15) is 0 Å². The predicted molar refractivity (Wildman–Crippen MR) is 107 cm³/mol. The third-order valence-corrected chi connectivity index (χ3v) is 4.52. The van der Waals surface area contributed by atoms with Gasteiger partial charge >= 0.3 is 0 Å². The molecule has 0 aromatic heterocycles. The van der Waals surface area contributed by atoms with Crippen molar-refractivity contribution in [1.82, 2.24) is 5.32 Å².